The second kappa shape index (κ2) is 7.77. The Labute approximate surface area is 153 Å². The number of halogens is 2. The van der Waals surface area contributed by atoms with Crippen LogP contribution in [0.2, 0.25) is 0 Å². The van der Waals surface area contributed by atoms with Crippen LogP contribution in [0.15, 0.2) is 65.8 Å². The van der Waals surface area contributed by atoms with Gasteiger partial charge in [0.2, 0.25) is 0 Å². The molecule has 1 N–H and O–H groups in total. The van der Waals surface area contributed by atoms with E-state index in [-0.39, 0.29) is 17.1 Å². The first kappa shape index (κ1) is 18.2. The maximum atomic E-state index is 12.9. The molecule has 0 amide bonds. The van der Waals surface area contributed by atoms with Gasteiger partial charge in [0.1, 0.15) is 11.4 Å². The molecule has 0 unspecified atom stereocenters. The minimum Gasteiger partial charge on any atom is -0.433 e. The molecule has 3 aromatic rings. The summed E-state index contributed by atoms with van der Waals surface area (Å²) in [5.74, 6) is 0.00807. The van der Waals surface area contributed by atoms with Gasteiger partial charge in [0.25, 0.3) is 5.69 Å². The molecule has 138 valence electrons. The maximum Gasteiger partial charge on any atom is 0.387 e. The molecule has 0 aliphatic rings. The summed E-state index contributed by atoms with van der Waals surface area (Å²) in [5, 5.41) is 16.5. The average molecular weight is 371 g/mol. The van der Waals surface area contributed by atoms with Crippen LogP contribution in [0.25, 0.3) is 10.8 Å². The quantitative estimate of drug-likeness (QED) is 0.368. The number of para-hydroxylation sites is 2. The first-order valence-corrected chi connectivity index (χ1v) is 7.98. The van der Waals surface area contributed by atoms with Gasteiger partial charge in [-0.25, -0.2) is 0 Å². The Morgan fingerprint density at radius 3 is 2.56 bits per heavy atom. The molecular weight excluding hydrogens is 356 g/mol. The van der Waals surface area contributed by atoms with Crippen molar-refractivity contribution in [3.63, 3.8) is 0 Å². The monoisotopic (exact) mass is 371 g/mol. The fraction of sp³-hybridized carbons (Fsp3) is 0.105. The van der Waals surface area contributed by atoms with Gasteiger partial charge in [0.05, 0.1) is 10.6 Å². The SMILES string of the molecule is C/C(=N/Nc1ccccc1[N+](=O)[O-])c1ccc2ccccc2c1OC(F)F. The van der Waals surface area contributed by atoms with Crippen LogP contribution < -0.4 is 10.2 Å². The zero-order valence-corrected chi connectivity index (χ0v) is 14.2. The van der Waals surface area contributed by atoms with Crippen LogP contribution in [0.4, 0.5) is 20.2 Å². The highest BCUT2D eigenvalue weighted by atomic mass is 19.3. The van der Waals surface area contributed by atoms with Gasteiger partial charge < -0.3 is 4.74 Å². The molecule has 0 bridgehead atoms. The molecule has 27 heavy (non-hydrogen) atoms. The number of rotatable bonds is 6. The van der Waals surface area contributed by atoms with Crippen LogP contribution in [0, 0.1) is 10.1 Å². The molecular formula is C19H15F2N3O3. The van der Waals surface area contributed by atoms with E-state index in [2.05, 4.69) is 10.5 Å². The van der Waals surface area contributed by atoms with Crippen LogP contribution in [0.5, 0.6) is 5.75 Å². The molecule has 3 rings (SSSR count). The van der Waals surface area contributed by atoms with Gasteiger partial charge >= 0.3 is 6.61 Å². The molecule has 0 heterocycles. The highest BCUT2D eigenvalue weighted by Crippen LogP contribution is 2.32. The summed E-state index contributed by atoms with van der Waals surface area (Å²) in [6.45, 7) is -1.39. The molecule has 0 spiro atoms. The lowest BCUT2D eigenvalue weighted by atomic mass is 10.0. The lowest BCUT2D eigenvalue weighted by Crippen LogP contribution is -2.09. The fourth-order valence-corrected chi connectivity index (χ4v) is 2.68. The minimum atomic E-state index is -2.99. The predicted molar refractivity (Wildman–Crippen MR) is 99.5 cm³/mol. The number of benzene rings is 3. The van der Waals surface area contributed by atoms with E-state index < -0.39 is 11.5 Å². The Hall–Kier alpha value is -3.55. The fourth-order valence-electron chi connectivity index (χ4n) is 2.68. The van der Waals surface area contributed by atoms with Crippen LogP contribution in [-0.2, 0) is 0 Å². The smallest absolute Gasteiger partial charge is 0.387 e. The molecule has 3 aromatic carbocycles. The first-order valence-electron chi connectivity index (χ1n) is 7.98. The lowest BCUT2D eigenvalue weighted by molar-refractivity contribution is -0.384. The summed E-state index contributed by atoms with van der Waals surface area (Å²) in [7, 11) is 0. The Kier molecular flexibility index (Phi) is 5.25. The van der Waals surface area contributed by atoms with E-state index in [1.54, 1.807) is 49.4 Å². The Morgan fingerprint density at radius 1 is 1.11 bits per heavy atom. The van der Waals surface area contributed by atoms with Crippen LogP contribution in [0.1, 0.15) is 12.5 Å². The molecule has 0 atom stereocenters. The van der Waals surface area contributed by atoms with Crippen molar-refractivity contribution in [2.24, 2.45) is 5.10 Å². The summed E-state index contributed by atoms with van der Waals surface area (Å²) in [4.78, 5) is 10.5. The molecule has 0 saturated heterocycles. The third-order valence-electron chi connectivity index (χ3n) is 3.92. The van der Waals surface area contributed by atoms with E-state index in [0.717, 1.165) is 5.39 Å². The number of hydrogen-bond acceptors (Lipinski definition) is 5. The average Bonchev–Trinajstić information content (AvgIpc) is 2.66. The van der Waals surface area contributed by atoms with Gasteiger partial charge in [-0.3, -0.25) is 15.5 Å². The normalized spacial score (nSPS) is 11.6. The van der Waals surface area contributed by atoms with Crippen molar-refractivity contribution in [2.75, 3.05) is 5.43 Å². The second-order valence-corrected chi connectivity index (χ2v) is 5.63. The zero-order chi connectivity index (χ0) is 19.4. The van der Waals surface area contributed by atoms with E-state index >= 15 is 0 Å². The van der Waals surface area contributed by atoms with Gasteiger partial charge in [0.15, 0.2) is 0 Å². The standard InChI is InChI=1S/C19H15F2N3O3/c1-12(22-23-16-8-4-5-9-17(16)24(25)26)14-11-10-13-6-2-3-7-15(13)18(14)27-19(20)21/h2-11,19,23H,1H3/b22-12-. The summed E-state index contributed by atoms with van der Waals surface area (Å²) in [6, 6.07) is 16.4. The topological polar surface area (TPSA) is 76.8 Å². The number of hydrogen-bond donors (Lipinski definition) is 1. The molecule has 8 heteroatoms. The second-order valence-electron chi connectivity index (χ2n) is 5.63. The van der Waals surface area contributed by atoms with E-state index in [1.807, 2.05) is 0 Å². The van der Waals surface area contributed by atoms with Gasteiger partial charge in [-0.05, 0) is 24.4 Å². The van der Waals surface area contributed by atoms with Gasteiger partial charge in [0, 0.05) is 17.0 Å². The number of fused-ring (bicyclic) bond motifs is 1. The Bertz CT molecular complexity index is 1020. The molecule has 0 fully saturated rings. The molecule has 0 saturated carbocycles. The highest BCUT2D eigenvalue weighted by Gasteiger charge is 2.16. The van der Waals surface area contributed by atoms with Gasteiger partial charge in [-0.2, -0.15) is 13.9 Å². The van der Waals surface area contributed by atoms with E-state index in [1.165, 1.54) is 18.2 Å². The predicted octanol–water partition coefficient (Wildman–Crippen LogP) is 5.19. The summed E-state index contributed by atoms with van der Waals surface area (Å²) < 4.78 is 30.6. The summed E-state index contributed by atoms with van der Waals surface area (Å²) in [5.41, 5.74) is 3.38. The number of nitro groups is 1. The highest BCUT2D eigenvalue weighted by molar-refractivity contribution is 6.06. The number of alkyl halides is 2. The molecule has 0 aliphatic heterocycles. The number of nitro benzene ring substituents is 1. The molecule has 6 nitrogen and oxygen atoms in total. The van der Waals surface area contributed by atoms with Crippen molar-refractivity contribution < 1.29 is 18.4 Å². The van der Waals surface area contributed by atoms with Gasteiger partial charge in [-0.1, -0.05) is 42.5 Å². The third-order valence-corrected chi connectivity index (χ3v) is 3.92. The van der Waals surface area contributed by atoms with Crippen molar-refractivity contribution in [3.05, 3.63) is 76.3 Å². The number of ether oxygens (including phenoxy) is 1. The molecule has 0 aliphatic carbocycles. The lowest BCUT2D eigenvalue weighted by Gasteiger charge is -2.14. The van der Waals surface area contributed by atoms with E-state index in [0.29, 0.717) is 16.7 Å². The Morgan fingerprint density at radius 2 is 1.81 bits per heavy atom. The van der Waals surface area contributed by atoms with Crippen molar-refractivity contribution in [3.8, 4) is 5.75 Å². The van der Waals surface area contributed by atoms with Crippen molar-refractivity contribution in [1.29, 1.82) is 0 Å². The van der Waals surface area contributed by atoms with Crippen LogP contribution >= 0.6 is 0 Å². The number of anilines is 1. The van der Waals surface area contributed by atoms with Crippen molar-refractivity contribution in [2.45, 2.75) is 13.5 Å². The van der Waals surface area contributed by atoms with Crippen molar-refractivity contribution in [1.82, 2.24) is 0 Å². The van der Waals surface area contributed by atoms with Crippen LogP contribution in [0.3, 0.4) is 0 Å². The minimum absolute atomic E-state index is 0.00807. The largest absolute Gasteiger partial charge is 0.433 e. The maximum absolute atomic E-state index is 12.9. The van der Waals surface area contributed by atoms with Crippen molar-refractivity contribution >= 4 is 27.9 Å². The Balaban J connectivity index is 2.01. The number of nitrogens with zero attached hydrogens (tertiary/aromatic N) is 2. The van der Waals surface area contributed by atoms with Crippen LogP contribution in [-0.4, -0.2) is 17.2 Å². The third kappa shape index (κ3) is 4.00. The summed E-state index contributed by atoms with van der Waals surface area (Å²) in [6.07, 6.45) is 0. The number of hydrazone groups is 1. The zero-order valence-electron chi connectivity index (χ0n) is 14.2. The molecule has 0 radical (unpaired) electrons. The molecule has 0 aromatic heterocycles. The summed E-state index contributed by atoms with van der Waals surface area (Å²) >= 11 is 0. The number of nitrogens with one attached hydrogen (secondary N) is 1. The van der Waals surface area contributed by atoms with E-state index in [9.17, 15) is 18.9 Å². The van der Waals surface area contributed by atoms with Gasteiger partial charge in [-0.15, -0.1) is 0 Å². The first-order chi connectivity index (χ1) is 13.0. The van der Waals surface area contributed by atoms with E-state index in [4.69, 9.17) is 4.74 Å².